The van der Waals surface area contributed by atoms with Gasteiger partial charge in [0.1, 0.15) is 5.69 Å². The van der Waals surface area contributed by atoms with Crippen molar-refractivity contribution in [2.75, 3.05) is 27.2 Å². The van der Waals surface area contributed by atoms with Gasteiger partial charge in [-0.2, -0.15) is 5.10 Å². The quantitative estimate of drug-likeness (QED) is 0.299. The van der Waals surface area contributed by atoms with Crippen molar-refractivity contribution >= 4 is 27.7 Å². The lowest BCUT2D eigenvalue weighted by molar-refractivity contribution is 0.0951. The molecule has 200 valence electrons. The Morgan fingerprint density at radius 1 is 1.02 bits per heavy atom. The van der Waals surface area contributed by atoms with Gasteiger partial charge in [0, 0.05) is 59.4 Å². The minimum absolute atomic E-state index is 0.0972. The van der Waals surface area contributed by atoms with E-state index in [4.69, 9.17) is 4.98 Å². The third-order valence-electron chi connectivity index (χ3n) is 7.33. The van der Waals surface area contributed by atoms with Gasteiger partial charge in [0.05, 0.1) is 22.8 Å². The molecule has 5 aromatic rings. The van der Waals surface area contributed by atoms with Crippen molar-refractivity contribution in [3.05, 3.63) is 88.9 Å². The van der Waals surface area contributed by atoms with Gasteiger partial charge in [-0.1, -0.05) is 18.1 Å². The highest BCUT2D eigenvalue weighted by Crippen LogP contribution is 2.38. The van der Waals surface area contributed by atoms with Crippen molar-refractivity contribution in [2.24, 2.45) is 0 Å². The third-order valence-corrected chi connectivity index (χ3v) is 7.33. The minimum Gasteiger partial charge on any atom is -0.393 e. The number of aryl methyl sites for hydroxylation is 1. The zero-order chi connectivity index (χ0) is 27.6. The third kappa shape index (κ3) is 5.05. The molecule has 2 aromatic carbocycles. The van der Waals surface area contributed by atoms with E-state index < -0.39 is 6.10 Å². The molecule has 0 saturated heterocycles. The first kappa shape index (κ1) is 25.7. The fourth-order valence-corrected chi connectivity index (χ4v) is 5.30. The van der Waals surface area contributed by atoms with Crippen LogP contribution < -0.4 is 5.32 Å². The van der Waals surface area contributed by atoms with Crippen molar-refractivity contribution < 1.29 is 9.90 Å². The van der Waals surface area contributed by atoms with E-state index in [1.54, 1.807) is 12.4 Å². The second kappa shape index (κ2) is 10.9. The molecule has 1 amide bonds. The predicted molar refractivity (Wildman–Crippen MR) is 156 cm³/mol. The number of amides is 1. The van der Waals surface area contributed by atoms with Gasteiger partial charge in [0.25, 0.3) is 5.91 Å². The van der Waals surface area contributed by atoms with Crippen LogP contribution >= 0.6 is 0 Å². The van der Waals surface area contributed by atoms with Gasteiger partial charge in [-0.15, -0.1) is 0 Å². The number of rotatable bonds is 5. The first-order chi connectivity index (χ1) is 19.5. The lowest BCUT2D eigenvalue weighted by Gasteiger charge is -2.25. The Kier molecular flexibility index (Phi) is 6.99. The number of nitrogens with zero attached hydrogens (tertiary/aromatic N) is 4. The number of benzene rings is 2. The molecule has 8 nitrogen and oxygen atoms in total. The Bertz CT molecular complexity index is 1760. The van der Waals surface area contributed by atoms with Gasteiger partial charge in [0.2, 0.25) is 0 Å². The van der Waals surface area contributed by atoms with Crippen LogP contribution in [0.2, 0.25) is 0 Å². The van der Waals surface area contributed by atoms with Crippen LogP contribution in [0.25, 0.3) is 33.1 Å². The smallest absolute Gasteiger partial charge is 0.251 e. The number of aromatic amines is 1. The highest BCUT2D eigenvalue weighted by molar-refractivity contribution is 6.10. The first-order valence-corrected chi connectivity index (χ1v) is 13.4. The Balaban J connectivity index is 1.43. The Morgan fingerprint density at radius 2 is 1.80 bits per heavy atom. The number of hydrogen-bond donors (Lipinski definition) is 3. The normalized spacial score (nSPS) is 14.7. The molecule has 1 aliphatic rings. The maximum absolute atomic E-state index is 12.6. The molecule has 3 N–H and O–H groups in total. The highest BCUT2D eigenvalue weighted by atomic mass is 16.3. The molecule has 1 atom stereocenters. The fourth-order valence-electron chi connectivity index (χ4n) is 5.30. The molecule has 0 radical (unpaired) electrons. The molecule has 0 aliphatic heterocycles. The van der Waals surface area contributed by atoms with Gasteiger partial charge in [-0.05, 0) is 80.4 Å². The van der Waals surface area contributed by atoms with E-state index in [0.717, 1.165) is 62.8 Å². The molecule has 6 rings (SSSR count). The number of pyridine rings is 2. The lowest BCUT2D eigenvalue weighted by Crippen LogP contribution is -2.31. The van der Waals surface area contributed by atoms with Crippen LogP contribution in [0.15, 0.2) is 60.9 Å². The first-order valence-electron chi connectivity index (χ1n) is 13.4. The molecule has 0 spiro atoms. The SMILES string of the molecule is CN(C)CCNC(=O)c1ccc(-c2nc3ccc4n[nH]c(C#Cc5ccncc5)c4c3c3c2CC(O)CC3)cc1. The van der Waals surface area contributed by atoms with Crippen molar-refractivity contribution in [3.8, 4) is 23.1 Å². The van der Waals surface area contributed by atoms with Crippen LogP contribution in [0.1, 0.15) is 39.2 Å². The summed E-state index contributed by atoms with van der Waals surface area (Å²) < 4.78 is 0. The Labute approximate surface area is 232 Å². The maximum atomic E-state index is 12.6. The average Bonchev–Trinajstić information content (AvgIpc) is 3.39. The molecule has 8 heteroatoms. The Morgan fingerprint density at radius 3 is 2.58 bits per heavy atom. The average molecular weight is 531 g/mol. The van der Waals surface area contributed by atoms with Crippen LogP contribution in [-0.4, -0.2) is 69.4 Å². The zero-order valence-electron chi connectivity index (χ0n) is 22.5. The molecular weight excluding hydrogens is 500 g/mol. The van der Waals surface area contributed by atoms with Gasteiger partial charge in [-0.3, -0.25) is 14.9 Å². The van der Waals surface area contributed by atoms with E-state index >= 15 is 0 Å². The van der Waals surface area contributed by atoms with Crippen LogP contribution in [0.3, 0.4) is 0 Å². The molecule has 3 heterocycles. The molecular formula is C32H30N6O2. The molecule has 1 aliphatic carbocycles. The van der Waals surface area contributed by atoms with Gasteiger partial charge >= 0.3 is 0 Å². The van der Waals surface area contributed by atoms with Crippen molar-refractivity contribution in [2.45, 2.75) is 25.4 Å². The number of aliphatic hydroxyl groups excluding tert-OH is 1. The largest absolute Gasteiger partial charge is 0.393 e. The summed E-state index contributed by atoms with van der Waals surface area (Å²) >= 11 is 0. The maximum Gasteiger partial charge on any atom is 0.251 e. The number of hydrogen-bond acceptors (Lipinski definition) is 6. The van der Waals surface area contributed by atoms with Crippen LogP contribution in [0.5, 0.6) is 0 Å². The summed E-state index contributed by atoms with van der Waals surface area (Å²) in [6.07, 6.45) is 4.96. The van der Waals surface area contributed by atoms with Crippen molar-refractivity contribution in [1.82, 2.24) is 30.4 Å². The van der Waals surface area contributed by atoms with E-state index in [-0.39, 0.29) is 5.91 Å². The molecule has 1 unspecified atom stereocenters. The number of carbonyl (C=O) groups is 1. The van der Waals surface area contributed by atoms with Crippen LogP contribution in [-0.2, 0) is 12.8 Å². The Hall–Kier alpha value is -4.58. The molecule has 40 heavy (non-hydrogen) atoms. The topological polar surface area (TPSA) is 107 Å². The number of likely N-dealkylation sites (N-methyl/N-ethyl adjacent to an activating group) is 1. The van der Waals surface area contributed by atoms with Gasteiger partial charge in [-0.25, -0.2) is 4.98 Å². The van der Waals surface area contributed by atoms with E-state index in [2.05, 4.69) is 32.3 Å². The lowest BCUT2D eigenvalue weighted by atomic mass is 9.84. The van der Waals surface area contributed by atoms with Gasteiger partial charge < -0.3 is 15.3 Å². The summed E-state index contributed by atoms with van der Waals surface area (Å²) in [6, 6.07) is 15.3. The van der Waals surface area contributed by atoms with Gasteiger partial charge in [0.15, 0.2) is 0 Å². The molecule has 0 bridgehead atoms. The summed E-state index contributed by atoms with van der Waals surface area (Å²) in [5, 5.41) is 23.2. The molecule has 0 fully saturated rings. The van der Waals surface area contributed by atoms with Crippen LogP contribution in [0.4, 0.5) is 0 Å². The number of H-pyrrole nitrogens is 1. The number of fused-ring (bicyclic) bond motifs is 5. The predicted octanol–water partition coefficient (Wildman–Crippen LogP) is 3.71. The van der Waals surface area contributed by atoms with E-state index in [9.17, 15) is 9.90 Å². The van der Waals surface area contributed by atoms with E-state index in [1.165, 1.54) is 5.56 Å². The summed E-state index contributed by atoms with van der Waals surface area (Å²) in [5.41, 5.74) is 7.88. The monoisotopic (exact) mass is 530 g/mol. The summed E-state index contributed by atoms with van der Waals surface area (Å²) in [6.45, 7) is 1.36. The van der Waals surface area contributed by atoms with Crippen molar-refractivity contribution in [3.63, 3.8) is 0 Å². The summed E-state index contributed by atoms with van der Waals surface area (Å²) in [4.78, 5) is 23.8. The number of aliphatic hydroxyl groups is 1. The number of nitrogens with one attached hydrogen (secondary N) is 2. The summed E-state index contributed by atoms with van der Waals surface area (Å²) in [7, 11) is 3.95. The minimum atomic E-state index is -0.429. The van der Waals surface area contributed by atoms with E-state index in [0.29, 0.717) is 24.9 Å². The second-order valence-corrected chi connectivity index (χ2v) is 10.4. The highest BCUT2D eigenvalue weighted by Gasteiger charge is 2.26. The second-order valence-electron chi connectivity index (χ2n) is 10.4. The van der Waals surface area contributed by atoms with Crippen molar-refractivity contribution in [1.29, 1.82) is 0 Å². The standard InChI is InChI=1S/C32H30N6O2/c1-38(2)18-17-34-32(40)22-6-4-21(5-7-22)31-25-19-23(39)8-9-24(25)29-26(35-31)11-12-28-30(29)27(36-37-28)10-3-20-13-15-33-16-14-20/h4-7,11-16,23,39H,8-9,17-19H2,1-2H3,(H,34,40)(H,36,37). The zero-order valence-corrected chi connectivity index (χ0v) is 22.5. The number of carbonyl (C=O) groups excluding carboxylic acids is 1. The van der Waals surface area contributed by atoms with Crippen LogP contribution in [0, 0.1) is 11.8 Å². The fraction of sp³-hybridized carbons (Fsp3) is 0.250. The van der Waals surface area contributed by atoms with E-state index in [1.807, 2.05) is 67.5 Å². The summed E-state index contributed by atoms with van der Waals surface area (Å²) in [5.74, 6) is 6.37. The number of aromatic nitrogens is 4. The molecule has 0 saturated carbocycles. The molecule has 3 aromatic heterocycles.